The lowest BCUT2D eigenvalue weighted by molar-refractivity contribution is -0.146. The van der Waals surface area contributed by atoms with Crippen molar-refractivity contribution >= 4 is 5.97 Å². The fraction of sp³-hybridized carbons (Fsp3) is 0.600. The first-order chi connectivity index (χ1) is 9.00. The van der Waals surface area contributed by atoms with E-state index in [1.807, 2.05) is 12.3 Å². The van der Waals surface area contributed by atoms with Gasteiger partial charge in [0.05, 0.1) is 12.5 Å². The summed E-state index contributed by atoms with van der Waals surface area (Å²) in [6.45, 7) is 5.87. The molecule has 1 N–H and O–H groups in total. The van der Waals surface area contributed by atoms with Crippen molar-refractivity contribution in [1.82, 2.24) is 10.3 Å². The first kappa shape index (κ1) is 14.0. The SMILES string of the molecule is COC(=O)C1(CNCC(C)(C)c2cccnc2)CC1. The maximum Gasteiger partial charge on any atom is 0.313 e. The minimum Gasteiger partial charge on any atom is -0.469 e. The van der Waals surface area contributed by atoms with E-state index in [1.165, 1.54) is 12.7 Å². The molecule has 0 amide bonds. The number of hydrogen-bond donors (Lipinski definition) is 1. The van der Waals surface area contributed by atoms with Crippen molar-refractivity contribution in [3.05, 3.63) is 30.1 Å². The van der Waals surface area contributed by atoms with Crippen molar-refractivity contribution < 1.29 is 9.53 Å². The summed E-state index contributed by atoms with van der Waals surface area (Å²) in [5.74, 6) is -0.0841. The second-order valence-corrected chi connectivity index (χ2v) is 6.00. The Morgan fingerprint density at radius 1 is 1.53 bits per heavy atom. The van der Waals surface area contributed by atoms with Gasteiger partial charge in [0.25, 0.3) is 0 Å². The van der Waals surface area contributed by atoms with Crippen molar-refractivity contribution in [3.63, 3.8) is 0 Å². The molecule has 2 rings (SSSR count). The molecule has 1 aromatic rings. The number of nitrogens with one attached hydrogen (secondary N) is 1. The zero-order valence-corrected chi connectivity index (χ0v) is 11.9. The van der Waals surface area contributed by atoms with Crippen LogP contribution in [-0.2, 0) is 14.9 Å². The standard InChI is InChI=1S/C15H22N2O2/c1-14(2,12-5-4-8-16-9-12)10-17-11-15(6-7-15)13(18)19-3/h4-5,8-9,17H,6-7,10-11H2,1-3H3. The third-order valence-corrected chi connectivity index (χ3v) is 3.95. The summed E-state index contributed by atoms with van der Waals surface area (Å²) in [6, 6.07) is 4.04. The third kappa shape index (κ3) is 3.13. The smallest absolute Gasteiger partial charge is 0.313 e. The highest BCUT2D eigenvalue weighted by molar-refractivity contribution is 5.80. The van der Waals surface area contributed by atoms with Crippen LogP contribution in [0, 0.1) is 5.41 Å². The number of nitrogens with zero attached hydrogens (tertiary/aromatic N) is 1. The molecule has 1 saturated carbocycles. The van der Waals surface area contributed by atoms with Crippen LogP contribution < -0.4 is 5.32 Å². The number of rotatable bonds is 6. The molecule has 0 aromatic carbocycles. The van der Waals surface area contributed by atoms with Crippen LogP contribution >= 0.6 is 0 Å². The molecule has 0 aliphatic heterocycles. The summed E-state index contributed by atoms with van der Waals surface area (Å²) in [7, 11) is 1.46. The highest BCUT2D eigenvalue weighted by atomic mass is 16.5. The second kappa shape index (κ2) is 5.29. The number of methoxy groups -OCH3 is 1. The van der Waals surface area contributed by atoms with Gasteiger partial charge in [0.1, 0.15) is 0 Å². The van der Waals surface area contributed by atoms with E-state index in [0.29, 0.717) is 6.54 Å². The van der Waals surface area contributed by atoms with E-state index in [1.54, 1.807) is 6.20 Å². The van der Waals surface area contributed by atoms with Crippen molar-refractivity contribution in [2.45, 2.75) is 32.1 Å². The Bertz CT molecular complexity index is 439. The fourth-order valence-electron chi connectivity index (χ4n) is 2.30. The highest BCUT2D eigenvalue weighted by Gasteiger charge is 2.50. The van der Waals surface area contributed by atoms with Crippen molar-refractivity contribution in [2.75, 3.05) is 20.2 Å². The summed E-state index contributed by atoms with van der Waals surface area (Å²) < 4.78 is 4.86. The van der Waals surface area contributed by atoms with Gasteiger partial charge in [-0.3, -0.25) is 9.78 Å². The van der Waals surface area contributed by atoms with Gasteiger partial charge in [0.2, 0.25) is 0 Å². The minimum atomic E-state index is -0.264. The summed E-state index contributed by atoms with van der Waals surface area (Å²) in [6.07, 6.45) is 5.54. The zero-order valence-electron chi connectivity index (χ0n) is 11.9. The van der Waals surface area contributed by atoms with Gasteiger partial charge in [0.15, 0.2) is 0 Å². The molecule has 0 spiro atoms. The molecule has 4 heteroatoms. The average Bonchev–Trinajstić information content (AvgIpc) is 3.20. The Balaban J connectivity index is 1.88. The number of pyridine rings is 1. The van der Waals surface area contributed by atoms with Gasteiger partial charge in [-0.2, -0.15) is 0 Å². The molecule has 1 aliphatic rings. The molecule has 104 valence electrons. The van der Waals surface area contributed by atoms with Crippen LogP contribution in [0.5, 0.6) is 0 Å². The first-order valence-electron chi connectivity index (χ1n) is 6.70. The lowest BCUT2D eigenvalue weighted by Gasteiger charge is -2.26. The van der Waals surface area contributed by atoms with E-state index in [0.717, 1.165) is 19.4 Å². The number of carbonyl (C=O) groups excluding carboxylic acids is 1. The molecule has 19 heavy (non-hydrogen) atoms. The maximum absolute atomic E-state index is 11.6. The fourth-order valence-corrected chi connectivity index (χ4v) is 2.30. The molecule has 0 saturated heterocycles. The summed E-state index contributed by atoms with van der Waals surface area (Å²) >= 11 is 0. The summed E-state index contributed by atoms with van der Waals surface area (Å²) in [4.78, 5) is 15.8. The number of carbonyl (C=O) groups is 1. The highest BCUT2D eigenvalue weighted by Crippen LogP contribution is 2.46. The Morgan fingerprint density at radius 3 is 2.79 bits per heavy atom. The number of hydrogen-bond acceptors (Lipinski definition) is 4. The normalized spacial score (nSPS) is 17.0. The van der Waals surface area contributed by atoms with Crippen LogP contribution in [0.1, 0.15) is 32.3 Å². The van der Waals surface area contributed by atoms with E-state index >= 15 is 0 Å². The average molecular weight is 262 g/mol. The molecule has 0 unspecified atom stereocenters. The number of esters is 1. The van der Waals surface area contributed by atoms with Gasteiger partial charge < -0.3 is 10.1 Å². The monoisotopic (exact) mass is 262 g/mol. The quantitative estimate of drug-likeness (QED) is 0.796. The maximum atomic E-state index is 11.6. The van der Waals surface area contributed by atoms with Crippen molar-refractivity contribution in [1.29, 1.82) is 0 Å². The van der Waals surface area contributed by atoms with Gasteiger partial charge in [-0.15, -0.1) is 0 Å². The van der Waals surface area contributed by atoms with Gasteiger partial charge in [-0.05, 0) is 24.5 Å². The molecule has 1 heterocycles. The lowest BCUT2D eigenvalue weighted by Crippen LogP contribution is -2.38. The van der Waals surface area contributed by atoms with E-state index in [-0.39, 0.29) is 16.8 Å². The molecular formula is C15H22N2O2. The van der Waals surface area contributed by atoms with Crippen LogP contribution in [0.3, 0.4) is 0 Å². The molecule has 0 atom stereocenters. The van der Waals surface area contributed by atoms with Crippen LogP contribution in [0.15, 0.2) is 24.5 Å². The van der Waals surface area contributed by atoms with Gasteiger partial charge >= 0.3 is 5.97 Å². The molecule has 1 aromatic heterocycles. The third-order valence-electron chi connectivity index (χ3n) is 3.95. The predicted octanol–water partition coefficient (Wildman–Crippen LogP) is 1.90. The lowest BCUT2D eigenvalue weighted by atomic mass is 9.85. The Hall–Kier alpha value is -1.42. The molecule has 1 aliphatic carbocycles. The zero-order chi connectivity index (χ0) is 13.9. The van der Waals surface area contributed by atoms with Crippen LogP contribution in [0.4, 0.5) is 0 Å². The van der Waals surface area contributed by atoms with Gasteiger partial charge in [-0.25, -0.2) is 0 Å². The largest absolute Gasteiger partial charge is 0.469 e. The predicted molar refractivity (Wildman–Crippen MR) is 73.8 cm³/mol. The van der Waals surface area contributed by atoms with E-state index in [2.05, 4.69) is 30.2 Å². The van der Waals surface area contributed by atoms with E-state index < -0.39 is 0 Å². The summed E-state index contributed by atoms with van der Waals surface area (Å²) in [5, 5.41) is 3.41. The molecule has 0 bridgehead atoms. The molecule has 0 radical (unpaired) electrons. The van der Waals surface area contributed by atoms with Crippen LogP contribution in [0.2, 0.25) is 0 Å². The molecule has 1 fully saturated rings. The molecule has 4 nitrogen and oxygen atoms in total. The first-order valence-corrected chi connectivity index (χ1v) is 6.70. The molecular weight excluding hydrogens is 240 g/mol. The summed E-state index contributed by atoms with van der Waals surface area (Å²) in [5.41, 5.74) is 0.936. The Morgan fingerprint density at radius 2 is 2.26 bits per heavy atom. The topological polar surface area (TPSA) is 51.2 Å². The Kier molecular flexibility index (Phi) is 3.90. The van der Waals surface area contributed by atoms with Crippen LogP contribution in [0.25, 0.3) is 0 Å². The van der Waals surface area contributed by atoms with E-state index in [9.17, 15) is 4.79 Å². The van der Waals surface area contributed by atoms with Crippen LogP contribution in [-0.4, -0.2) is 31.2 Å². The van der Waals surface area contributed by atoms with Crippen molar-refractivity contribution in [2.24, 2.45) is 5.41 Å². The van der Waals surface area contributed by atoms with Crippen molar-refractivity contribution in [3.8, 4) is 0 Å². The van der Waals surface area contributed by atoms with Gasteiger partial charge in [-0.1, -0.05) is 19.9 Å². The second-order valence-electron chi connectivity index (χ2n) is 6.00. The van der Waals surface area contributed by atoms with Gasteiger partial charge in [0, 0.05) is 30.9 Å². The number of ether oxygens (including phenoxy) is 1. The minimum absolute atomic E-state index is 0.000456. The van der Waals surface area contributed by atoms with E-state index in [4.69, 9.17) is 4.74 Å². The Labute approximate surface area is 114 Å². The number of aromatic nitrogens is 1.